The highest BCUT2D eigenvalue weighted by molar-refractivity contribution is 7.80. The first-order valence-electron chi connectivity index (χ1n) is 14.0. The summed E-state index contributed by atoms with van der Waals surface area (Å²) in [7, 11) is 0. The van der Waals surface area contributed by atoms with Gasteiger partial charge in [-0.25, -0.2) is 19.1 Å². The Labute approximate surface area is 276 Å². The number of piperidine rings is 1. The number of carboxylic acid groups (broad SMARTS) is 2. The number of likely N-dealkylation sites (tertiary alicyclic amines) is 1. The second-order valence-electron chi connectivity index (χ2n) is 11.0. The summed E-state index contributed by atoms with van der Waals surface area (Å²) < 4.78 is 1.60. The number of anilines is 3. The molecule has 2 aromatic heterocycles. The smallest absolute Gasteiger partial charge is 0.352 e. The summed E-state index contributed by atoms with van der Waals surface area (Å²) in [5, 5.41) is 30.0. The maximum absolute atomic E-state index is 13.6. The van der Waals surface area contributed by atoms with Crippen molar-refractivity contribution in [2.24, 2.45) is 11.1 Å². The molecule has 2 aliphatic rings. The second-order valence-corrected chi connectivity index (χ2v) is 12.2. The number of amides is 3. The average Bonchev–Trinajstić information content (AvgIpc) is 3.60. The Morgan fingerprint density at radius 1 is 1.32 bits per heavy atom. The van der Waals surface area contributed by atoms with Gasteiger partial charge in [0.25, 0.3) is 24.0 Å². The van der Waals surface area contributed by atoms with Crippen LogP contribution in [0.4, 0.5) is 16.6 Å². The van der Waals surface area contributed by atoms with Crippen molar-refractivity contribution in [2.75, 3.05) is 29.1 Å². The van der Waals surface area contributed by atoms with Gasteiger partial charge in [0, 0.05) is 23.1 Å². The van der Waals surface area contributed by atoms with E-state index in [0.717, 1.165) is 16.2 Å². The highest BCUT2D eigenvalue weighted by atomic mass is 32.1. The molecule has 250 valence electrons. The number of rotatable bonds is 14. The van der Waals surface area contributed by atoms with E-state index in [1.165, 1.54) is 31.6 Å². The zero-order valence-corrected chi connectivity index (χ0v) is 27.0. The molecule has 1 saturated heterocycles. The summed E-state index contributed by atoms with van der Waals surface area (Å²) in [6.07, 6.45) is 6.55. The van der Waals surface area contributed by atoms with E-state index in [-0.39, 0.29) is 58.4 Å². The van der Waals surface area contributed by atoms with Gasteiger partial charge in [0.1, 0.15) is 30.2 Å². The van der Waals surface area contributed by atoms with Crippen LogP contribution in [-0.2, 0) is 35.4 Å². The molecular formula is C27H34N10O8S2+2. The molecule has 2 fully saturated rings. The first-order valence-corrected chi connectivity index (χ1v) is 15.5. The SMILES string of the molecule is CC(C)(O/N=C(\C(=O)N[C@@H]1C(=O)N(/C(C(=O)O)=C(/C=C/C[n+]2cnc(N)c(NC(=O)C[NH3+])c2)CS)C2CC21)c1csc(N)n1)C(=O)O. The predicted octanol–water partition coefficient (Wildman–Crippen LogP) is -2.01. The molecule has 2 unspecified atom stereocenters. The minimum Gasteiger partial charge on any atom is -0.478 e. The molecule has 1 saturated carbocycles. The lowest BCUT2D eigenvalue weighted by molar-refractivity contribution is -0.689. The summed E-state index contributed by atoms with van der Waals surface area (Å²) in [6, 6.07) is -1.60. The van der Waals surface area contributed by atoms with Crippen LogP contribution in [0, 0.1) is 5.92 Å². The third kappa shape index (κ3) is 7.84. The fourth-order valence-corrected chi connectivity index (χ4v) is 5.41. The Morgan fingerprint density at radius 2 is 2.04 bits per heavy atom. The van der Waals surface area contributed by atoms with Gasteiger partial charge in [-0.3, -0.25) is 14.4 Å². The van der Waals surface area contributed by atoms with Crippen LogP contribution < -0.4 is 32.4 Å². The van der Waals surface area contributed by atoms with Gasteiger partial charge in [-0.2, -0.15) is 12.6 Å². The van der Waals surface area contributed by atoms with Crippen molar-refractivity contribution >= 4 is 76.0 Å². The van der Waals surface area contributed by atoms with Gasteiger partial charge in [0.05, 0.1) is 0 Å². The number of nitrogens with two attached hydrogens (primary N) is 2. The summed E-state index contributed by atoms with van der Waals surface area (Å²) in [5.41, 5.74) is 13.1. The molecular weight excluding hydrogens is 656 g/mol. The number of carbonyl (C=O) groups excluding carboxylic acids is 3. The van der Waals surface area contributed by atoms with Gasteiger partial charge in [0.15, 0.2) is 23.1 Å². The van der Waals surface area contributed by atoms with Gasteiger partial charge in [0.2, 0.25) is 11.5 Å². The molecule has 18 nitrogen and oxygen atoms in total. The second kappa shape index (κ2) is 14.1. The van der Waals surface area contributed by atoms with E-state index >= 15 is 0 Å². The highest BCUT2D eigenvalue weighted by Crippen LogP contribution is 2.47. The number of allylic oxidation sites excluding steroid dienone is 2. The largest absolute Gasteiger partial charge is 0.478 e. The normalized spacial score (nSPS) is 19.7. The van der Waals surface area contributed by atoms with Gasteiger partial charge in [-0.1, -0.05) is 11.2 Å². The molecule has 0 bridgehead atoms. The Bertz CT molecular complexity index is 1710. The van der Waals surface area contributed by atoms with E-state index in [2.05, 4.69) is 44.1 Å². The molecule has 3 heterocycles. The van der Waals surface area contributed by atoms with Crippen molar-refractivity contribution in [2.45, 2.75) is 44.5 Å². The number of thiol groups is 1. The van der Waals surface area contributed by atoms with E-state index in [0.29, 0.717) is 6.42 Å². The number of quaternary nitrogens is 1. The van der Waals surface area contributed by atoms with Gasteiger partial charge >= 0.3 is 11.9 Å². The number of carbonyl (C=O) groups is 5. The fraction of sp³-hybridized carbons (Fsp3) is 0.370. The third-order valence-electron chi connectivity index (χ3n) is 7.18. The number of aromatic nitrogens is 3. The van der Waals surface area contributed by atoms with Crippen LogP contribution in [0.1, 0.15) is 26.0 Å². The summed E-state index contributed by atoms with van der Waals surface area (Å²) >= 11 is 5.31. The first kappa shape index (κ1) is 34.8. The molecule has 0 radical (unpaired) electrons. The van der Waals surface area contributed by atoms with E-state index in [9.17, 15) is 34.2 Å². The number of carboxylic acids is 2. The molecule has 1 aliphatic heterocycles. The number of aliphatic carboxylic acids is 2. The van der Waals surface area contributed by atoms with Crippen LogP contribution in [0.2, 0.25) is 0 Å². The molecule has 2 aromatic rings. The van der Waals surface area contributed by atoms with Gasteiger partial charge < -0.3 is 47.8 Å². The fourth-order valence-electron chi connectivity index (χ4n) is 4.60. The number of thiazole rings is 1. The predicted molar refractivity (Wildman–Crippen MR) is 169 cm³/mol. The van der Waals surface area contributed by atoms with Crippen LogP contribution in [0.5, 0.6) is 0 Å². The Hall–Kier alpha value is -5.08. The minimum atomic E-state index is -1.79. The van der Waals surface area contributed by atoms with Crippen LogP contribution in [0.15, 0.2) is 46.5 Å². The lowest BCUT2D eigenvalue weighted by Crippen LogP contribution is -2.55. The standard InChI is InChI=1S/C27H32N10O8S2/c1-27(2,25(43)44)45-35-19(15-10-47-26(30)33-15)22(39)34-18-13-6-16(13)37(23(18)40)20(24(41)42)12(9-46)4-3-5-36-8-14(21(29)31-11-36)32-17(38)7-28/h3-4,8,10-11,13,16,18,29H,5-7,9,28H2,1-2H3,(H7,30,32,33,34,38,39,41,42,43,44,46)/p+2/b4-3+,20-12-,35-19-/t13?,16?,18-/m0/s1. The molecule has 20 heteroatoms. The number of nitrogens with zero attached hydrogens (tertiary/aromatic N) is 5. The molecule has 3 amide bonds. The van der Waals surface area contributed by atoms with Crippen LogP contribution in [0.3, 0.4) is 0 Å². The average molecular weight is 691 g/mol. The monoisotopic (exact) mass is 690 g/mol. The summed E-state index contributed by atoms with van der Waals surface area (Å²) in [4.78, 5) is 77.1. The highest BCUT2D eigenvalue weighted by Gasteiger charge is 2.61. The van der Waals surface area contributed by atoms with E-state index in [1.54, 1.807) is 16.8 Å². The van der Waals surface area contributed by atoms with Gasteiger partial charge in [-0.05, 0) is 36.9 Å². The molecule has 11 N–H and O–H groups in total. The molecule has 1 aliphatic carbocycles. The third-order valence-corrected chi connectivity index (χ3v) is 8.20. The van der Waals surface area contributed by atoms with Crippen LogP contribution in [-0.4, -0.2) is 90.4 Å². The number of fused-ring (bicyclic) bond motifs is 1. The van der Waals surface area contributed by atoms with Crippen molar-refractivity contribution in [1.82, 2.24) is 20.2 Å². The Balaban J connectivity index is 1.56. The molecule has 4 rings (SSSR count). The molecule has 0 aromatic carbocycles. The zero-order chi connectivity index (χ0) is 34.6. The summed E-state index contributed by atoms with van der Waals surface area (Å²) in [6.45, 7) is 2.67. The van der Waals surface area contributed by atoms with E-state index in [1.807, 2.05) is 0 Å². The van der Waals surface area contributed by atoms with Crippen molar-refractivity contribution in [3.63, 3.8) is 0 Å². The van der Waals surface area contributed by atoms with Crippen molar-refractivity contribution < 1.29 is 49.3 Å². The number of nitrogens with one attached hydrogen (secondary N) is 2. The quantitative estimate of drug-likeness (QED) is 0.0267. The van der Waals surface area contributed by atoms with E-state index in [4.69, 9.17) is 16.3 Å². The zero-order valence-electron chi connectivity index (χ0n) is 25.2. The number of hydrogen-bond acceptors (Lipinski definition) is 13. The van der Waals surface area contributed by atoms with Gasteiger partial charge in [-0.15, -0.1) is 11.3 Å². The summed E-state index contributed by atoms with van der Waals surface area (Å²) in [5.74, 6) is -4.93. The lowest BCUT2D eigenvalue weighted by atomic mass is 10.1. The van der Waals surface area contributed by atoms with E-state index < -0.39 is 53.1 Å². The number of nitrogen functional groups attached to an aromatic ring is 2. The van der Waals surface area contributed by atoms with Crippen LogP contribution >= 0.6 is 24.0 Å². The molecule has 3 atom stereocenters. The molecule has 0 spiro atoms. The lowest BCUT2D eigenvalue weighted by Gasteiger charge is -2.23. The van der Waals surface area contributed by atoms with Crippen molar-refractivity contribution in [3.8, 4) is 0 Å². The topological polar surface area (TPSA) is 284 Å². The maximum atomic E-state index is 13.6. The first-order chi connectivity index (χ1) is 22.2. The Kier molecular flexibility index (Phi) is 10.5. The van der Waals surface area contributed by atoms with Crippen molar-refractivity contribution in [3.05, 3.63) is 47.0 Å². The Morgan fingerprint density at radius 3 is 2.64 bits per heavy atom. The minimum absolute atomic E-state index is 0.000464. The van der Waals surface area contributed by atoms with Crippen LogP contribution in [0.25, 0.3) is 0 Å². The molecule has 47 heavy (non-hydrogen) atoms. The van der Waals surface area contributed by atoms with Crippen molar-refractivity contribution in [1.29, 1.82) is 0 Å². The number of hydrogen-bond donors (Lipinski definition) is 8. The number of oxime groups is 1. The maximum Gasteiger partial charge on any atom is 0.352 e.